The summed E-state index contributed by atoms with van der Waals surface area (Å²) in [6.45, 7) is 8.47. The van der Waals surface area contributed by atoms with Gasteiger partial charge in [0, 0.05) is 31.9 Å². The zero-order valence-electron chi connectivity index (χ0n) is 16.0. The summed E-state index contributed by atoms with van der Waals surface area (Å²) < 4.78 is 5.42. The number of hydrogen-bond donors (Lipinski definition) is 1. The van der Waals surface area contributed by atoms with Crippen molar-refractivity contribution < 1.29 is 4.52 Å². The van der Waals surface area contributed by atoms with Gasteiger partial charge in [0.1, 0.15) is 0 Å². The van der Waals surface area contributed by atoms with E-state index in [4.69, 9.17) is 16.7 Å². The largest absolute Gasteiger partial charge is 0.346 e. The Morgan fingerprint density at radius 3 is 2.71 bits per heavy atom. The number of aryl methyl sites for hydroxylation is 2. The normalized spacial score (nSPS) is 15.0. The molecule has 0 aliphatic carbocycles. The molecule has 0 spiro atoms. The minimum atomic E-state index is 0.660. The molecular weight excluding hydrogens is 390 g/mol. The van der Waals surface area contributed by atoms with Crippen LogP contribution in [-0.4, -0.2) is 51.2 Å². The Bertz CT molecular complexity index is 945. The standard InChI is InChI=1S/C20H23N5OS2/c1-14-5-6-16(12-15(14)2)21-20(27)25-9-7-24(8-10-25)13-18-22-19(23-26-18)17-4-3-11-28-17/h3-6,11-12H,7-10,13H2,1-2H3,(H,21,27). The number of thiophene rings is 1. The molecule has 4 rings (SSSR count). The van der Waals surface area contributed by atoms with E-state index < -0.39 is 0 Å². The maximum atomic E-state index is 5.61. The van der Waals surface area contributed by atoms with Crippen molar-refractivity contribution >= 4 is 34.4 Å². The van der Waals surface area contributed by atoms with Crippen molar-refractivity contribution in [2.24, 2.45) is 0 Å². The zero-order chi connectivity index (χ0) is 19.5. The molecule has 0 bridgehead atoms. The van der Waals surface area contributed by atoms with E-state index in [9.17, 15) is 0 Å². The number of rotatable bonds is 4. The highest BCUT2D eigenvalue weighted by atomic mass is 32.1. The average molecular weight is 414 g/mol. The van der Waals surface area contributed by atoms with E-state index in [1.807, 2.05) is 17.5 Å². The SMILES string of the molecule is Cc1ccc(NC(=S)N2CCN(Cc3nc(-c4cccs4)no3)CC2)cc1C. The van der Waals surface area contributed by atoms with Gasteiger partial charge in [-0.15, -0.1) is 11.3 Å². The van der Waals surface area contributed by atoms with Gasteiger partial charge in [0.2, 0.25) is 11.7 Å². The molecule has 28 heavy (non-hydrogen) atoms. The molecule has 6 nitrogen and oxygen atoms in total. The molecule has 0 saturated carbocycles. The van der Waals surface area contributed by atoms with Crippen LogP contribution in [0.25, 0.3) is 10.7 Å². The summed E-state index contributed by atoms with van der Waals surface area (Å²) in [4.78, 5) is 10.1. The first kappa shape index (κ1) is 19.0. The van der Waals surface area contributed by atoms with Crippen molar-refractivity contribution in [3.8, 4) is 10.7 Å². The molecule has 146 valence electrons. The van der Waals surface area contributed by atoms with Crippen LogP contribution in [0.1, 0.15) is 17.0 Å². The van der Waals surface area contributed by atoms with Crippen LogP contribution >= 0.6 is 23.6 Å². The highest BCUT2D eigenvalue weighted by Crippen LogP contribution is 2.22. The lowest BCUT2D eigenvalue weighted by atomic mass is 10.1. The fraction of sp³-hybridized carbons (Fsp3) is 0.350. The molecule has 1 aliphatic rings. The Labute approximate surface area is 174 Å². The van der Waals surface area contributed by atoms with Gasteiger partial charge in [0.25, 0.3) is 0 Å². The summed E-state index contributed by atoms with van der Waals surface area (Å²) in [6, 6.07) is 10.3. The van der Waals surface area contributed by atoms with E-state index in [1.165, 1.54) is 11.1 Å². The first-order chi connectivity index (χ1) is 13.6. The third-order valence-corrected chi connectivity index (χ3v) is 6.21. The van der Waals surface area contributed by atoms with Crippen LogP contribution in [0.4, 0.5) is 5.69 Å². The lowest BCUT2D eigenvalue weighted by Gasteiger charge is -2.35. The van der Waals surface area contributed by atoms with Gasteiger partial charge in [0.15, 0.2) is 5.11 Å². The Morgan fingerprint density at radius 1 is 1.18 bits per heavy atom. The van der Waals surface area contributed by atoms with Crippen LogP contribution in [0, 0.1) is 13.8 Å². The molecule has 1 fully saturated rings. The van der Waals surface area contributed by atoms with Crippen molar-refractivity contribution in [1.82, 2.24) is 19.9 Å². The Balaban J connectivity index is 1.28. The van der Waals surface area contributed by atoms with Crippen LogP contribution in [0.2, 0.25) is 0 Å². The predicted octanol–water partition coefficient (Wildman–Crippen LogP) is 3.93. The lowest BCUT2D eigenvalue weighted by Crippen LogP contribution is -2.49. The van der Waals surface area contributed by atoms with Gasteiger partial charge >= 0.3 is 0 Å². The highest BCUT2D eigenvalue weighted by Gasteiger charge is 2.21. The molecule has 2 aromatic heterocycles. The number of anilines is 1. The van der Waals surface area contributed by atoms with Crippen LogP contribution in [0.15, 0.2) is 40.2 Å². The van der Waals surface area contributed by atoms with E-state index in [0.29, 0.717) is 18.3 Å². The van der Waals surface area contributed by atoms with Crippen molar-refractivity contribution in [2.45, 2.75) is 20.4 Å². The minimum Gasteiger partial charge on any atom is -0.346 e. The molecule has 0 radical (unpaired) electrons. The summed E-state index contributed by atoms with van der Waals surface area (Å²) >= 11 is 7.22. The van der Waals surface area contributed by atoms with Crippen molar-refractivity contribution in [2.75, 3.05) is 31.5 Å². The number of nitrogens with zero attached hydrogens (tertiary/aromatic N) is 4. The maximum Gasteiger partial charge on any atom is 0.241 e. The Hall–Kier alpha value is -2.29. The fourth-order valence-corrected chi connectivity index (χ4v) is 4.10. The first-order valence-corrected chi connectivity index (χ1v) is 10.6. The molecule has 1 saturated heterocycles. The third kappa shape index (κ3) is 4.40. The second-order valence-corrected chi connectivity index (χ2v) is 8.32. The Kier molecular flexibility index (Phi) is 5.70. The summed E-state index contributed by atoms with van der Waals surface area (Å²) in [6.07, 6.45) is 0. The number of aromatic nitrogens is 2. The van der Waals surface area contributed by atoms with Gasteiger partial charge in [-0.05, 0) is 60.8 Å². The first-order valence-electron chi connectivity index (χ1n) is 9.30. The van der Waals surface area contributed by atoms with Crippen LogP contribution < -0.4 is 5.32 Å². The third-order valence-electron chi connectivity index (χ3n) is 4.99. The lowest BCUT2D eigenvalue weighted by molar-refractivity contribution is 0.159. The molecular formula is C20H23N5OS2. The van der Waals surface area contributed by atoms with Crippen molar-refractivity contribution in [3.63, 3.8) is 0 Å². The molecule has 8 heteroatoms. The van der Waals surface area contributed by atoms with Crippen LogP contribution in [-0.2, 0) is 6.54 Å². The summed E-state index contributed by atoms with van der Waals surface area (Å²) in [7, 11) is 0. The van der Waals surface area contributed by atoms with E-state index in [0.717, 1.165) is 41.9 Å². The minimum absolute atomic E-state index is 0.660. The molecule has 1 aliphatic heterocycles. The summed E-state index contributed by atoms with van der Waals surface area (Å²) in [5.41, 5.74) is 3.59. The average Bonchev–Trinajstić information content (AvgIpc) is 3.37. The van der Waals surface area contributed by atoms with Crippen molar-refractivity contribution in [3.05, 3.63) is 52.7 Å². The second-order valence-electron chi connectivity index (χ2n) is 6.98. The number of piperazine rings is 1. The molecule has 0 atom stereocenters. The van der Waals surface area contributed by atoms with Crippen molar-refractivity contribution in [1.29, 1.82) is 0 Å². The Morgan fingerprint density at radius 2 is 2.00 bits per heavy atom. The van der Waals surface area contributed by atoms with Crippen LogP contribution in [0.5, 0.6) is 0 Å². The molecule has 0 amide bonds. The van der Waals surface area contributed by atoms with Gasteiger partial charge in [-0.25, -0.2) is 0 Å². The summed E-state index contributed by atoms with van der Waals surface area (Å²) in [5.74, 6) is 1.33. The van der Waals surface area contributed by atoms with E-state index in [2.05, 4.69) is 57.3 Å². The molecule has 1 aromatic carbocycles. The predicted molar refractivity (Wildman–Crippen MR) is 117 cm³/mol. The maximum absolute atomic E-state index is 5.61. The zero-order valence-corrected chi connectivity index (χ0v) is 17.6. The second kappa shape index (κ2) is 8.38. The van der Waals surface area contributed by atoms with E-state index in [-0.39, 0.29) is 0 Å². The van der Waals surface area contributed by atoms with Crippen LogP contribution in [0.3, 0.4) is 0 Å². The van der Waals surface area contributed by atoms with Gasteiger partial charge in [-0.3, -0.25) is 4.90 Å². The monoisotopic (exact) mass is 413 g/mol. The van der Waals surface area contributed by atoms with Gasteiger partial charge in [-0.1, -0.05) is 17.3 Å². The number of thiocarbonyl (C=S) groups is 1. The van der Waals surface area contributed by atoms with Gasteiger partial charge < -0.3 is 14.7 Å². The smallest absolute Gasteiger partial charge is 0.241 e. The van der Waals surface area contributed by atoms with Gasteiger partial charge in [-0.2, -0.15) is 4.98 Å². The topological polar surface area (TPSA) is 57.4 Å². The summed E-state index contributed by atoms with van der Waals surface area (Å²) in [5, 5.41) is 10.2. The fourth-order valence-electron chi connectivity index (χ4n) is 3.15. The van der Waals surface area contributed by atoms with Gasteiger partial charge in [0.05, 0.1) is 11.4 Å². The van der Waals surface area contributed by atoms with E-state index in [1.54, 1.807) is 11.3 Å². The molecule has 1 N–H and O–H groups in total. The molecule has 0 unspecified atom stereocenters. The van der Waals surface area contributed by atoms with E-state index >= 15 is 0 Å². The number of benzene rings is 1. The molecule has 3 aromatic rings. The highest BCUT2D eigenvalue weighted by molar-refractivity contribution is 7.80. The quantitative estimate of drug-likeness (QED) is 0.650. The number of hydrogen-bond acceptors (Lipinski definition) is 6. The number of nitrogens with one attached hydrogen (secondary N) is 1. The molecule has 3 heterocycles.